The lowest BCUT2D eigenvalue weighted by molar-refractivity contribution is -0.116. The maximum atomic E-state index is 12.6. The van der Waals surface area contributed by atoms with Crippen LogP contribution < -0.4 is 20.7 Å². The smallest absolute Gasteiger partial charge is 0.261 e. The van der Waals surface area contributed by atoms with Crippen LogP contribution in [0.1, 0.15) is 37.0 Å². The number of benzene rings is 2. The van der Waals surface area contributed by atoms with Gasteiger partial charge in [0, 0.05) is 16.6 Å². The third-order valence-corrected chi connectivity index (χ3v) is 4.72. The van der Waals surface area contributed by atoms with Gasteiger partial charge in [0.2, 0.25) is 5.91 Å². The van der Waals surface area contributed by atoms with Crippen molar-refractivity contribution in [3.05, 3.63) is 51.5 Å². The molecule has 2 aromatic carbocycles. The van der Waals surface area contributed by atoms with Crippen molar-refractivity contribution < 1.29 is 14.3 Å². The number of ether oxygens (including phenoxy) is 1. The van der Waals surface area contributed by atoms with E-state index in [0.29, 0.717) is 40.7 Å². The highest BCUT2D eigenvalue weighted by Crippen LogP contribution is 2.26. The molecule has 2 rings (SSSR count). The first-order valence-corrected chi connectivity index (χ1v) is 10.6. The number of halogens is 2. The molecule has 0 saturated heterocycles. The third kappa shape index (κ3) is 6.99. The first kappa shape index (κ1) is 23.1. The molecule has 6 nitrogen and oxygen atoms in total. The molecule has 154 valence electrons. The molecule has 0 aliphatic carbocycles. The molecule has 0 aliphatic heterocycles. The number of thiocarbonyl (C=S) groups is 1. The molecule has 0 fully saturated rings. The SMILES string of the molecule is CCCC(=O)Nc1ccc(Cl)c(NC(=S)NC(=O)c2cc(Br)ccc2OCC)c1. The Balaban J connectivity index is 2.10. The Hall–Kier alpha value is -2.16. The molecule has 0 spiro atoms. The van der Waals surface area contributed by atoms with Gasteiger partial charge in [-0.15, -0.1) is 0 Å². The normalized spacial score (nSPS) is 10.2. The van der Waals surface area contributed by atoms with E-state index in [-0.39, 0.29) is 11.0 Å². The Kier molecular flexibility index (Phi) is 8.88. The van der Waals surface area contributed by atoms with Crippen molar-refractivity contribution in [2.24, 2.45) is 0 Å². The van der Waals surface area contributed by atoms with Crippen LogP contribution >= 0.6 is 39.7 Å². The second kappa shape index (κ2) is 11.1. The van der Waals surface area contributed by atoms with Crippen LogP contribution in [0.2, 0.25) is 5.02 Å². The zero-order chi connectivity index (χ0) is 21.4. The fourth-order valence-corrected chi connectivity index (χ4v) is 3.16. The van der Waals surface area contributed by atoms with Gasteiger partial charge in [-0.3, -0.25) is 14.9 Å². The summed E-state index contributed by atoms with van der Waals surface area (Å²) in [6.07, 6.45) is 1.18. The molecule has 0 radical (unpaired) electrons. The molecular weight excluding hydrogens is 478 g/mol. The molecule has 0 atom stereocenters. The lowest BCUT2D eigenvalue weighted by Crippen LogP contribution is -2.34. The molecule has 2 amide bonds. The number of nitrogens with one attached hydrogen (secondary N) is 3. The highest BCUT2D eigenvalue weighted by atomic mass is 79.9. The second-order valence-corrected chi connectivity index (χ2v) is 7.71. The van der Waals surface area contributed by atoms with Gasteiger partial charge in [0.1, 0.15) is 5.75 Å². The standard InChI is InChI=1S/C20H21BrClN3O3S/c1-3-5-18(26)23-13-7-8-15(22)16(11-13)24-20(29)25-19(27)14-10-12(21)6-9-17(14)28-4-2/h6-11H,3-5H2,1-2H3,(H,23,26)(H2,24,25,27,29). The summed E-state index contributed by atoms with van der Waals surface area (Å²) in [5.41, 5.74) is 1.39. The van der Waals surface area contributed by atoms with Crippen molar-refractivity contribution in [3.63, 3.8) is 0 Å². The molecule has 0 bridgehead atoms. The Labute approximate surface area is 188 Å². The van der Waals surface area contributed by atoms with Gasteiger partial charge in [-0.2, -0.15) is 0 Å². The van der Waals surface area contributed by atoms with Gasteiger partial charge in [0.05, 0.1) is 22.9 Å². The number of rotatable bonds is 7. The lowest BCUT2D eigenvalue weighted by Gasteiger charge is -2.14. The summed E-state index contributed by atoms with van der Waals surface area (Å²) in [6, 6.07) is 10.1. The minimum atomic E-state index is -0.421. The Morgan fingerprint density at radius 1 is 1.14 bits per heavy atom. The average molecular weight is 499 g/mol. The van der Waals surface area contributed by atoms with Crippen molar-refractivity contribution in [1.29, 1.82) is 0 Å². The van der Waals surface area contributed by atoms with E-state index in [1.54, 1.807) is 36.4 Å². The van der Waals surface area contributed by atoms with E-state index in [9.17, 15) is 9.59 Å². The second-order valence-electron chi connectivity index (χ2n) is 5.97. The number of hydrogen-bond acceptors (Lipinski definition) is 4. The summed E-state index contributed by atoms with van der Waals surface area (Å²) in [4.78, 5) is 24.4. The summed E-state index contributed by atoms with van der Waals surface area (Å²) in [5.74, 6) is -0.0554. The third-order valence-electron chi connectivity index (χ3n) is 3.69. The van der Waals surface area contributed by atoms with Gasteiger partial charge >= 0.3 is 0 Å². The van der Waals surface area contributed by atoms with Crippen LogP contribution in [0.15, 0.2) is 40.9 Å². The van der Waals surface area contributed by atoms with Crippen LogP contribution in [0.3, 0.4) is 0 Å². The number of hydrogen-bond donors (Lipinski definition) is 3. The van der Waals surface area contributed by atoms with Gasteiger partial charge in [-0.05, 0) is 62.0 Å². The van der Waals surface area contributed by atoms with E-state index in [1.165, 1.54) is 0 Å². The number of anilines is 2. The molecular formula is C20H21BrClN3O3S. The van der Waals surface area contributed by atoms with Crippen LogP contribution in [0, 0.1) is 0 Å². The monoisotopic (exact) mass is 497 g/mol. The highest BCUT2D eigenvalue weighted by Gasteiger charge is 2.15. The lowest BCUT2D eigenvalue weighted by atomic mass is 10.2. The van der Waals surface area contributed by atoms with Gasteiger partial charge in [-0.25, -0.2) is 0 Å². The number of carbonyl (C=O) groups excluding carboxylic acids is 2. The van der Waals surface area contributed by atoms with Crippen molar-refractivity contribution in [2.45, 2.75) is 26.7 Å². The number of amides is 2. The van der Waals surface area contributed by atoms with Crippen LogP contribution in [-0.4, -0.2) is 23.5 Å². The molecule has 0 aliphatic rings. The summed E-state index contributed by atoms with van der Waals surface area (Å²) < 4.78 is 6.24. The number of carbonyl (C=O) groups is 2. The van der Waals surface area contributed by atoms with Crippen molar-refractivity contribution in [1.82, 2.24) is 5.32 Å². The molecule has 9 heteroatoms. The molecule has 0 heterocycles. The summed E-state index contributed by atoms with van der Waals surface area (Å²) >= 11 is 14.8. The minimum Gasteiger partial charge on any atom is -0.493 e. The highest BCUT2D eigenvalue weighted by molar-refractivity contribution is 9.10. The van der Waals surface area contributed by atoms with E-state index in [1.807, 2.05) is 13.8 Å². The maximum absolute atomic E-state index is 12.6. The predicted octanol–water partition coefficient (Wildman–Crippen LogP) is 5.37. The summed E-state index contributed by atoms with van der Waals surface area (Å²) in [6.45, 7) is 4.19. The first-order valence-electron chi connectivity index (χ1n) is 8.98. The Bertz CT molecular complexity index is 924. The first-order chi connectivity index (χ1) is 13.8. The van der Waals surface area contributed by atoms with Crippen molar-refractivity contribution >= 4 is 68.1 Å². The van der Waals surface area contributed by atoms with Crippen LogP contribution in [0.25, 0.3) is 0 Å². The average Bonchev–Trinajstić information content (AvgIpc) is 2.66. The van der Waals surface area contributed by atoms with Crippen molar-refractivity contribution in [3.8, 4) is 5.75 Å². The van der Waals surface area contributed by atoms with E-state index in [4.69, 9.17) is 28.6 Å². The molecule has 0 unspecified atom stereocenters. The van der Waals surface area contributed by atoms with Crippen LogP contribution in [0.5, 0.6) is 5.75 Å². The Morgan fingerprint density at radius 3 is 2.59 bits per heavy atom. The minimum absolute atomic E-state index is 0.0661. The predicted molar refractivity (Wildman–Crippen MR) is 124 cm³/mol. The van der Waals surface area contributed by atoms with Gasteiger partial charge < -0.3 is 15.4 Å². The van der Waals surface area contributed by atoms with Crippen LogP contribution in [0.4, 0.5) is 11.4 Å². The Morgan fingerprint density at radius 2 is 1.90 bits per heavy atom. The maximum Gasteiger partial charge on any atom is 0.261 e. The van der Waals surface area contributed by atoms with Gasteiger partial charge in [-0.1, -0.05) is 34.5 Å². The van der Waals surface area contributed by atoms with E-state index in [0.717, 1.165) is 10.9 Å². The zero-order valence-corrected chi connectivity index (χ0v) is 19.1. The largest absolute Gasteiger partial charge is 0.493 e. The summed E-state index contributed by atoms with van der Waals surface area (Å²) in [5, 5.41) is 8.75. The molecule has 2 aromatic rings. The molecule has 3 N–H and O–H groups in total. The van der Waals surface area contributed by atoms with Crippen LogP contribution in [-0.2, 0) is 4.79 Å². The molecule has 0 aromatic heterocycles. The van der Waals surface area contributed by atoms with Gasteiger partial charge in [0.15, 0.2) is 5.11 Å². The fraction of sp³-hybridized carbons (Fsp3) is 0.250. The fourth-order valence-electron chi connectivity index (χ4n) is 2.43. The molecule has 0 saturated carbocycles. The quantitative estimate of drug-likeness (QED) is 0.448. The van der Waals surface area contributed by atoms with E-state index in [2.05, 4.69) is 31.9 Å². The van der Waals surface area contributed by atoms with Gasteiger partial charge in [0.25, 0.3) is 5.91 Å². The van der Waals surface area contributed by atoms with E-state index >= 15 is 0 Å². The van der Waals surface area contributed by atoms with Crippen molar-refractivity contribution in [2.75, 3.05) is 17.2 Å². The summed E-state index contributed by atoms with van der Waals surface area (Å²) in [7, 11) is 0. The zero-order valence-electron chi connectivity index (χ0n) is 16.0. The topological polar surface area (TPSA) is 79.5 Å². The molecule has 29 heavy (non-hydrogen) atoms. The van der Waals surface area contributed by atoms with E-state index < -0.39 is 5.91 Å².